The molecule has 1 heterocycles. The van der Waals surface area contributed by atoms with E-state index in [1.807, 2.05) is 6.07 Å². The van der Waals surface area contributed by atoms with Crippen molar-refractivity contribution >= 4 is 5.78 Å². The van der Waals surface area contributed by atoms with Gasteiger partial charge >= 0.3 is 0 Å². The standard InChI is InChI=1S/C8H10N2O/c1-6(11)7(5-9)8-3-2-4-10-8/h10H,2-4H2,1H3. The molecule has 58 valence electrons. The van der Waals surface area contributed by atoms with E-state index in [1.165, 1.54) is 6.92 Å². The molecule has 1 saturated heterocycles. The summed E-state index contributed by atoms with van der Waals surface area (Å²) in [5.41, 5.74) is 1.11. The summed E-state index contributed by atoms with van der Waals surface area (Å²) in [5.74, 6) is -0.142. The van der Waals surface area contributed by atoms with Gasteiger partial charge in [-0.2, -0.15) is 5.26 Å². The predicted octanol–water partition coefficient (Wildman–Crippen LogP) is 0.736. The van der Waals surface area contributed by atoms with Crippen molar-refractivity contribution in [2.24, 2.45) is 0 Å². The molecule has 0 aliphatic carbocycles. The van der Waals surface area contributed by atoms with Crippen LogP contribution in [0.1, 0.15) is 19.8 Å². The lowest BCUT2D eigenvalue weighted by Gasteiger charge is -1.98. The zero-order valence-corrected chi connectivity index (χ0v) is 6.48. The van der Waals surface area contributed by atoms with Gasteiger partial charge in [-0.25, -0.2) is 0 Å². The summed E-state index contributed by atoms with van der Waals surface area (Å²) < 4.78 is 0. The number of allylic oxidation sites excluding steroid dienone is 2. The van der Waals surface area contributed by atoms with Crippen LogP contribution in [0.4, 0.5) is 0 Å². The fourth-order valence-electron chi connectivity index (χ4n) is 1.16. The molecule has 1 rings (SSSR count). The first-order chi connectivity index (χ1) is 5.25. The molecule has 0 aromatic carbocycles. The van der Waals surface area contributed by atoms with E-state index in [0.717, 1.165) is 25.1 Å². The van der Waals surface area contributed by atoms with Gasteiger partial charge < -0.3 is 5.32 Å². The molecular weight excluding hydrogens is 140 g/mol. The Morgan fingerprint density at radius 1 is 1.73 bits per heavy atom. The number of Topliss-reactive ketones (excluding diaryl/α,β-unsaturated/α-hetero) is 1. The minimum absolute atomic E-state index is 0.142. The molecule has 3 heteroatoms. The second kappa shape index (κ2) is 3.20. The average molecular weight is 150 g/mol. The normalized spacial score (nSPS) is 20.4. The monoisotopic (exact) mass is 150 g/mol. The minimum Gasteiger partial charge on any atom is -0.387 e. The topological polar surface area (TPSA) is 52.9 Å². The second-order valence-electron chi connectivity index (χ2n) is 2.55. The number of ketones is 1. The van der Waals surface area contributed by atoms with E-state index in [0.29, 0.717) is 5.57 Å². The summed E-state index contributed by atoms with van der Waals surface area (Å²) in [7, 11) is 0. The first-order valence-electron chi connectivity index (χ1n) is 3.63. The largest absolute Gasteiger partial charge is 0.387 e. The van der Waals surface area contributed by atoms with Crippen LogP contribution in [-0.2, 0) is 4.79 Å². The third kappa shape index (κ3) is 1.58. The van der Waals surface area contributed by atoms with Gasteiger partial charge in [-0.05, 0) is 19.8 Å². The number of hydrogen-bond donors (Lipinski definition) is 1. The van der Waals surface area contributed by atoms with Gasteiger partial charge in [0.25, 0.3) is 0 Å². The Bertz CT molecular complexity index is 239. The van der Waals surface area contributed by atoms with Crippen LogP contribution in [-0.4, -0.2) is 12.3 Å². The Morgan fingerprint density at radius 3 is 2.82 bits per heavy atom. The zero-order valence-electron chi connectivity index (χ0n) is 6.48. The first-order valence-corrected chi connectivity index (χ1v) is 3.63. The number of nitriles is 1. The van der Waals surface area contributed by atoms with Gasteiger partial charge in [0, 0.05) is 12.2 Å². The average Bonchev–Trinajstić information content (AvgIpc) is 2.40. The highest BCUT2D eigenvalue weighted by atomic mass is 16.1. The van der Waals surface area contributed by atoms with E-state index in [2.05, 4.69) is 5.32 Å². The van der Waals surface area contributed by atoms with Crippen LogP contribution >= 0.6 is 0 Å². The molecule has 0 bridgehead atoms. The van der Waals surface area contributed by atoms with Crippen LogP contribution in [0.25, 0.3) is 0 Å². The maximum Gasteiger partial charge on any atom is 0.172 e. The Hall–Kier alpha value is -1.30. The van der Waals surface area contributed by atoms with Gasteiger partial charge in [0.15, 0.2) is 5.78 Å². The fraction of sp³-hybridized carbons (Fsp3) is 0.500. The Labute approximate surface area is 65.7 Å². The van der Waals surface area contributed by atoms with Crippen LogP contribution in [0.15, 0.2) is 11.3 Å². The van der Waals surface area contributed by atoms with E-state index in [9.17, 15) is 4.79 Å². The lowest BCUT2D eigenvalue weighted by atomic mass is 10.1. The van der Waals surface area contributed by atoms with E-state index in [-0.39, 0.29) is 5.78 Å². The molecule has 0 aromatic heterocycles. The number of carbonyl (C=O) groups excluding carboxylic acids is 1. The molecule has 0 radical (unpaired) electrons. The van der Waals surface area contributed by atoms with Crippen molar-refractivity contribution in [1.82, 2.24) is 5.32 Å². The minimum atomic E-state index is -0.142. The highest BCUT2D eigenvalue weighted by Gasteiger charge is 2.14. The molecule has 1 fully saturated rings. The van der Waals surface area contributed by atoms with Crippen molar-refractivity contribution in [3.63, 3.8) is 0 Å². The maximum atomic E-state index is 10.8. The molecule has 1 aliphatic rings. The zero-order chi connectivity index (χ0) is 8.27. The van der Waals surface area contributed by atoms with E-state index in [4.69, 9.17) is 5.26 Å². The van der Waals surface area contributed by atoms with Gasteiger partial charge in [-0.1, -0.05) is 0 Å². The Morgan fingerprint density at radius 2 is 2.45 bits per heavy atom. The highest BCUT2D eigenvalue weighted by Crippen LogP contribution is 2.13. The molecule has 0 atom stereocenters. The summed E-state index contributed by atoms with van der Waals surface area (Å²) >= 11 is 0. The molecule has 3 nitrogen and oxygen atoms in total. The number of carbonyl (C=O) groups is 1. The van der Waals surface area contributed by atoms with Gasteiger partial charge in [-0.3, -0.25) is 4.79 Å². The molecule has 0 spiro atoms. The third-order valence-electron chi connectivity index (χ3n) is 1.71. The quantitative estimate of drug-likeness (QED) is 0.443. The number of hydrogen-bond acceptors (Lipinski definition) is 3. The highest BCUT2D eigenvalue weighted by molar-refractivity contribution is 5.97. The predicted molar refractivity (Wildman–Crippen MR) is 40.6 cm³/mol. The number of nitrogens with one attached hydrogen (secondary N) is 1. The summed E-state index contributed by atoms with van der Waals surface area (Å²) in [5, 5.41) is 11.6. The molecule has 11 heavy (non-hydrogen) atoms. The second-order valence-corrected chi connectivity index (χ2v) is 2.55. The molecular formula is C8H10N2O. The molecule has 0 amide bonds. The Kier molecular flexibility index (Phi) is 2.27. The number of rotatable bonds is 1. The van der Waals surface area contributed by atoms with Gasteiger partial charge in [-0.15, -0.1) is 0 Å². The van der Waals surface area contributed by atoms with Crippen molar-refractivity contribution in [3.8, 4) is 6.07 Å². The van der Waals surface area contributed by atoms with Crippen molar-refractivity contribution in [2.45, 2.75) is 19.8 Å². The van der Waals surface area contributed by atoms with Crippen molar-refractivity contribution in [2.75, 3.05) is 6.54 Å². The molecule has 1 N–H and O–H groups in total. The molecule has 0 aromatic rings. The SMILES string of the molecule is CC(=O)C(C#N)=C1CCCN1. The van der Waals surface area contributed by atoms with Crippen LogP contribution in [0.2, 0.25) is 0 Å². The first kappa shape index (κ1) is 7.80. The third-order valence-corrected chi connectivity index (χ3v) is 1.71. The van der Waals surface area contributed by atoms with Crippen molar-refractivity contribution in [1.29, 1.82) is 5.26 Å². The number of nitrogens with zero attached hydrogens (tertiary/aromatic N) is 1. The summed E-state index contributed by atoms with van der Waals surface area (Å²) in [4.78, 5) is 10.8. The smallest absolute Gasteiger partial charge is 0.172 e. The molecule has 0 unspecified atom stereocenters. The van der Waals surface area contributed by atoms with Crippen LogP contribution in [0.5, 0.6) is 0 Å². The molecule has 0 saturated carbocycles. The van der Waals surface area contributed by atoms with E-state index in [1.54, 1.807) is 0 Å². The fourth-order valence-corrected chi connectivity index (χ4v) is 1.16. The lowest BCUT2D eigenvalue weighted by molar-refractivity contribution is -0.113. The maximum absolute atomic E-state index is 10.8. The van der Waals surface area contributed by atoms with Gasteiger partial charge in [0.05, 0.1) is 0 Å². The lowest BCUT2D eigenvalue weighted by Crippen LogP contribution is -2.09. The summed E-state index contributed by atoms with van der Waals surface area (Å²) in [6.45, 7) is 2.30. The van der Waals surface area contributed by atoms with Crippen LogP contribution in [0.3, 0.4) is 0 Å². The van der Waals surface area contributed by atoms with Gasteiger partial charge in [0.2, 0.25) is 0 Å². The van der Waals surface area contributed by atoms with E-state index >= 15 is 0 Å². The summed E-state index contributed by atoms with van der Waals surface area (Å²) in [6, 6.07) is 1.91. The van der Waals surface area contributed by atoms with Crippen molar-refractivity contribution < 1.29 is 4.79 Å². The van der Waals surface area contributed by atoms with Crippen LogP contribution in [0, 0.1) is 11.3 Å². The Balaban J connectivity index is 2.90. The van der Waals surface area contributed by atoms with Gasteiger partial charge in [0.1, 0.15) is 11.6 Å². The van der Waals surface area contributed by atoms with Crippen molar-refractivity contribution in [3.05, 3.63) is 11.3 Å². The summed E-state index contributed by atoms with van der Waals surface area (Å²) in [6.07, 6.45) is 1.86. The van der Waals surface area contributed by atoms with E-state index < -0.39 is 0 Å². The molecule has 1 aliphatic heterocycles. The van der Waals surface area contributed by atoms with Crippen LogP contribution < -0.4 is 5.32 Å².